The van der Waals surface area contributed by atoms with Crippen molar-refractivity contribution in [1.82, 2.24) is 14.9 Å². The van der Waals surface area contributed by atoms with Crippen molar-refractivity contribution in [2.75, 3.05) is 15.9 Å². The first-order valence-corrected chi connectivity index (χ1v) is 13.5. The molecule has 3 aromatic rings. The zero-order chi connectivity index (χ0) is 23.0. The number of nitrogens with zero attached hydrogens (tertiary/aromatic N) is 3. The SMILES string of the molecule is CS(=O)(=O)Nc1ccc(N2C(=S)NC(c3ccccn3)C2c2cccn2C2CCCC2)cc1. The number of rotatable bonds is 6. The maximum atomic E-state index is 11.6. The van der Waals surface area contributed by atoms with Crippen LogP contribution in [-0.4, -0.2) is 29.3 Å². The number of pyridine rings is 1. The molecule has 3 heterocycles. The van der Waals surface area contributed by atoms with Gasteiger partial charge < -0.3 is 14.8 Å². The highest BCUT2D eigenvalue weighted by molar-refractivity contribution is 7.92. The molecule has 7 nitrogen and oxygen atoms in total. The minimum Gasteiger partial charge on any atom is -0.351 e. The quantitative estimate of drug-likeness (QED) is 0.503. The average molecular weight is 482 g/mol. The Balaban J connectivity index is 1.56. The van der Waals surface area contributed by atoms with E-state index in [1.165, 1.54) is 31.4 Å². The van der Waals surface area contributed by atoms with Crippen LogP contribution in [-0.2, 0) is 10.0 Å². The zero-order valence-electron chi connectivity index (χ0n) is 18.4. The lowest BCUT2D eigenvalue weighted by atomic mass is 10.00. The van der Waals surface area contributed by atoms with Crippen LogP contribution in [0.4, 0.5) is 11.4 Å². The molecule has 172 valence electrons. The largest absolute Gasteiger partial charge is 0.351 e. The molecule has 2 unspecified atom stereocenters. The van der Waals surface area contributed by atoms with Gasteiger partial charge in [-0.2, -0.15) is 0 Å². The fourth-order valence-electron chi connectivity index (χ4n) is 5.01. The molecule has 2 fully saturated rings. The smallest absolute Gasteiger partial charge is 0.229 e. The third-order valence-electron chi connectivity index (χ3n) is 6.38. The molecular formula is C24H27N5O2S2. The van der Waals surface area contributed by atoms with Crippen LogP contribution in [0.5, 0.6) is 0 Å². The third-order valence-corrected chi connectivity index (χ3v) is 7.30. The summed E-state index contributed by atoms with van der Waals surface area (Å²) in [5, 5.41) is 4.12. The van der Waals surface area contributed by atoms with Crippen LogP contribution in [0.15, 0.2) is 67.0 Å². The van der Waals surface area contributed by atoms with Crippen molar-refractivity contribution < 1.29 is 8.42 Å². The summed E-state index contributed by atoms with van der Waals surface area (Å²) >= 11 is 5.82. The van der Waals surface area contributed by atoms with Crippen LogP contribution >= 0.6 is 12.2 Å². The molecule has 2 N–H and O–H groups in total. The fourth-order valence-corrected chi connectivity index (χ4v) is 5.92. The van der Waals surface area contributed by atoms with Gasteiger partial charge in [-0.1, -0.05) is 18.9 Å². The second-order valence-electron chi connectivity index (χ2n) is 8.70. The molecule has 1 saturated heterocycles. The van der Waals surface area contributed by atoms with Crippen LogP contribution in [0, 0.1) is 0 Å². The molecular weight excluding hydrogens is 454 g/mol. The summed E-state index contributed by atoms with van der Waals surface area (Å²) in [5.74, 6) is 0. The molecule has 1 aliphatic heterocycles. The summed E-state index contributed by atoms with van der Waals surface area (Å²) in [5.41, 5.74) is 3.55. The molecule has 9 heteroatoms. The van der Waals surface area contributed by atoms with E-state index in [1.54, 1.807) is 18.3 Å². The van der Waals surface area contributed by atoms with Gasteiger partial charge in [0.25, 0.3) is 0 Å². The highest BCUT2D eigenvalue weighted by atomic mass is 32.2. The molecule has 1 aliphatic carbocycles. The van der Waals surface area contributed by atoms with Crippen molar-refractivity contribution in [2.45, 2.75) is 43.8 Å². The van der Waals surface area contributed by atoms with Crippen LogP contribution in [0.1, 0.15) is 55.2 Å². The normalized spacial score (nSPS) is 21.4. The van der Waals surface area contributed by atoms with Crippen molar-refractivity contribution in [1.29, 1.82) is 0 Å². The number of hydrogen-bond donors (Lipinski definition) is 2. The number of benzene rings is 1. The maximum Gasteiger partial charge on any atom is 0.229 e. The van der Waals surface area contributed by atoms with Crippen LogP contribution in [0.3, 0.4) is 0 Å². The summed E-state index contributed by atoms with van der Waals surface area (Å²) in [6.07, 6.45) is 10.0. The molecule has 2 aliphatic rings. The van der Waals surface area contributed by atoms with Gasteiger partial charge in [-0.15, -0.1) is 0 Å². The predicted molar refractivity (Wildman–Crippen MR) is 135 cm³/mol. The molecule has 5 rings (SSSR count). The Kier molecular flexibility index (Phi) is 5.84. The molecule has 1 aromatic carbocycles. The van der Waals surface area contributed by atoms with E-state index in [1.807, 2.05) is 30.3 Å². The molecule has 33 heavy (non-hydrogen) atoms. The first-order chi connectivity index (χ1) is 15.9. The van der Waals surface area contributed by atoms with Gasteiger partial charge in [0, 0.05) is 35.5 Å². The highest BCUT2D eigenvalue weighted by Gasteiger charge is 2.42. The van der Waals surface area contributed by atoms with E-state index >= 15 is 0 Å². The maximum absolute atomic E-state index is 11.6. The van der Waals surface area contributed by atoms with Crippen molar-refractivity contribution in [3.63, 3.8) is 0 Å². The second kappa shape index (κ2) is 8.79. The molecule has 1 saturated carbocycles. The van der Waals surface area contributed by atoms with Crippen molar-refractivity contribution >= 4 is 38.7 Å². The lowest BCUT2D eigenvalue weighted by Gasteiger charge is -2.30. The van der Waals surface area contributed by atoms with E-state index in [9.17, 15) is 8.42 Å². The summed E-state index contributed by atoms with van der Waals surface area (Å²) in [7, 11) is -3.34. The Hall–Kier alpha value is -2.91. The number of thiocarbonyl (C=S) groups is 1. The van der Waals surface area contributed by atoms with Crippen molar-refractivity contribution in [3.05, 3.63) is 78.4 Å². The Labute approximate surface area is 199 Å². The summed E-state index contributed by atoms with van der Waals surface area (Å²) < 4.78 is 28.1. The Bertz CT molecular complexity index is 1240. The van der Waals surface area contributed by atoms with E-state index in [4.69, 9.17) is 12.2 Å². The van der Waals surface area contributed by atoms with E-state index in [-0.39, 0.29) is 12.1 Å². The minimum atomic E-state index is -3.34. The van der Waals surface area contributed by atoms with E-state index in [0.717, 1.165) is 17.6 Å². The van der Waals surface area contributed by atoms with Crippen LogP contribution < -0.4 is 14.9 Å². The van der Waals surface area contributed by atoms with Gasteiger partial charge in [-0.25, -0.2) is 8.42 Å². The van der Waals surface area contributed by atoms with Gasteiger partial charge in [-0.3, -0.25) is 9.71 Å². The molecule has 2 aromatic heterocycles. The minimum absolute atomic E-state index is 0.0864. The third kappa shape index (κ3) is 4.47. The van der Waals surface area contributed by atoms with E-state index < -0.39 is 10.0 Å². The topological polar surface area (TPSA) is 79.3 Å². The molecule has 2 atom stereocenters. The first-order valence-electron chi connectivity index (χ1n) is 11.2. The van der Waals surface area contributed by atoms with Gasteiger partial charge >= 0.3 is 0 Å². The van der Waals surface area contributed by atoms with Gasteiger partial charge in [0.1, 0.15) is 6.04 Å². The summed E-state index contributed by atoms with van der Waals surface area (Å²) in [6.45, 7) is 0. The molecule has 0 spiro atoms. The Morgan fingerprint density at radius 3 is 2.48 bits per heavy atom. The standard InChI is InChI=1S/C24H27N5O2S2/c1-33(30,31)27-17-11-13-19(14-12-17)29-23(21-10-6-16-28(21)18-7-2-3-8-18)22(26-24(29)32)20-9-4-5-15-25-20/h4-6,9-16,18,22-23,27H,2-3,7-8H2,1H3,(H,26,32). The number of anilines is 2. The van der Waals surface area contributed by atoms with Gasteiger partial charge in [0.2, 0.25) is 10.0 Å². The number of sulfonamides is 1. The van der Waals surface area contributed by atoms with Crippen molar-refractivity contribution in [2.24, 2.45) is 0 Å². The molecule has 0 amide bonds. The lowest BCUT2D eigenvalue weighted by Crippen LogP contribution is -2.30. The van der Waals surface area contributed by atoms with Gasteiger partial charge in [0.05, 0.1) is 18.0 Å². The lowest BCUT2D eigenvalue weighted by molar-refractivity contribution is 0.461. The molecule has 0 bridgehead atoms. The van der Waals surface area contributed by atoms with Gasteiger partial charge in [0.15, 0.2) is 5.11 Å². The van der Waals surface area contributed by atoms with Crippen molar-refractivity contribution in [3.8, 4) is 0 Å². The summed E-state index contributed by atoms with van der Waals surface area (Å²) in [4.78, 5) is 6.75. The average Bonchev–Trinajstić information content (AvgIpc) is 3.53. The Morgan fingerprint density at radius 2 is 1.82 bits per heavy atom. The first kappa shape index (κ1) is 21.9. The number of aromatic nitrogens is 2. The van der Waals surface area contributed by atoms with E-state index in [2.05, 4.69) is 42.8 Å². The highest BCUT2D eigenvalue weighted by Crippen LogP contribution is 2.43. The molecule has 0 radical (unpaired) electrons. The Morgan fingerprint density at radius 1 is 1.06 bits per heavy atom. The number of hydrogen-bond acceptors (Lipinski definition) is 4. The summed E-state index contributed by atoms with van der Waals surface area (Å²) in [6, 6.07) is 17.9. The fraction of sp³-hybridized carbons (Fsp3) is 0.333. The van der Waals surface area contributed by atoms with Crippen LogP contribution in [0.25, 0.3) is 0 Å². The number of nitrogens with one attached hydrogen (secondary N) is 2. The van der Waals surface area contributed by atoms with Gasteiger partial charge in [-0.05, 0) is 73.6 Å². The predicted octanol–water partition coefficient (Wildman–Crippen LogP) is 4.55. The van der Waals surface area contributed by atoms with Crippen LogP contribution in [0.2, 0.25) is 0 Å². The zero-order valence-corrected chi connectivity index (χ0v) is 20.0. The second-order valence-corrected chi connectivity index (χ2v) is 10.8. The van der Waals surface area contributed by atoms with E-state index in [0.29, 0.717) is 16.8 Å². The monoisotopic (exact) mass is 481 g/mol.